The summed E-state index contributed by atoms with van der Waals surface area (Å²) < 4.78 is 17.9. The van der Waals surface area contributed by atoms with Gasteiger partial charge in [-0.1, -0.05) is 0 Å². The van der Waals surface area contributed by atoms with E-state index in [4.69, 9.17) is 19.3 Å². The molecular formula is C19H25N3O4. The Balaban J connectivity index is 1.83. The van der Waals surface area contributed by atoms with E-state index in [1.54, 1.807) is 14.2 Å². The lowest BCUT2D eigenvalue weighted by atomic mass is 10.1. The predicted octanol–water partition coefficient (Wildman–Crippen LogP) is 2.34. The molecule has 26 heavy (non-hydrogen) atoms. The molecule has 1 aromatic carbocycles. The van der Waals surface area contributed by atoms with Gasteiger partial charge in [-0.2, -0.15) is 5.10 Å². The molecule has 3 rings (SSSR count). The zero-order valence-electron chi connectivity index (χ0n) is 15.5. The zero-order valence-corrected chi connectivity index (χ0v) is 15.5. The van der Waals surface area contributed by atoms with Crippen LogP contribution in [0.4, 0.5) is 0 Å². The number of rotatable bonds is 6. The maximum Gasteiger partial charge on any atom is 0.248 e. The van der Waals surface area contributed by atoms with Crippen molar-refractivity contribution in [3.8, 4) is 22.8 Å². The summed E-state index contributed by atoms with van der Waals surface area (Å²) in [5, 5.41) is 4.72. The third-order valence-corrected chi connectivity index (χ3v) is 4.48. The number of hydrogen-bond acceptors (Lipinski definition) is 5. The minimum atomic E-state index is 0.0224. The van der Waals surface area contributed by atoms with Gasteiger partial charge in [-0.05, 0) is 37.6 Å². The van der Waals surface area contributed by atoms with Gasteiger partial charge in [0, 0.05) is 25.3 Å². The molecule has 0 atom stereocenters. The fourth-order valence-electron chi connectivity index (χ4n) is 3.09. The van der Waals surface area contributed by atoms with Crippen LogP contribution in [0.1, 0.15) is 19.0 Å². The Kier molecular flexibility index (Phi) is 5.78. The first-order valence-electron chi connectivity index (χ1n) is 8.81. The van der Waals surface area contributed by atoms with E-state index in [9.17, 15) is 4.79 Å². The van der Waals surface area contributed by atoms with E-state index in [-0.39, 0.29) is 12.5 Å². The Morgan fingerprint density at radius 1 is 1.15 bits per heavy atom. The minimum absolute atomic E-state index is 0.0224. The van der Waals surface area contributed by atoms with Crippen molar-refractivity contribution < 1.29 is 19.0 Å². The highest BCUT2D eigenvalue weighted by molar-refractivity contribution is 5.77. The van der Waals surface area contributed by atoms with E-state index in [1.807, 2.05) is 40.8 Å². The molecule has 1 aliphatic rings. The average molecular weight is 359 g/mol. The fourth-order valence-corrected chi connectivity index (χ4v) is 3.09. The molecule has 0 aliphatic carbocycles. The third-order valence-electron chi connectivity index (χ3n) is 4.48. The van der Waals surface area contributed by atoms with Gasteiger partial charge < -0.3 is 19.1 Å². The molecule has 0 radical (unpaired) electrons. The Bertz CT molecular complexity index is 772. The summed E-state index contributed by atoms with van der Waals surface area (Å²) >= 11 is 0. The van der Waals surface area contributed by atoms with Crippen LogP contribution in [0.25, 0.3) is 11.3 Å². The standard InChI is InChI=1S/C19H25N3O4/c1-4-26-13-19(23)21-8-5-9-22-15(12-21)11-16(20-22)14-6-7-17(24-2)18(10-14)25-3/h6-7,10-11H,4-5,8-9,12-13H2,1-3H3. The van der Waals surface area contributed by atoms with Crippen LogP contribution >= 0.6 is 0 Å². The van der Waals surface area contributed by atoms with Crippen molar-refractivity contribution in [2.45, 2.75) is 26.4 Å². The Morgan fingerprint density at radius 2 is 1.96 bits per heavy atom. The summed E-state index contributed by atoms with van der Waals surface area (Å²) in [6.07, 6.45) is 0.873. The van der Waals surface area contributed by atoms with Crippen molar-refractivity contribution in [3.63, 3.8) is 0 Å². The minimum Gasteiger partial charge on any atom is -0.493 e. The summed E-state index contributed by atoms with van der Waals surface area (Å²) in [7, 11) is 3.23. The van der Waals surface area contributed by atoms with E-state index >= 15 is 0 Å². The SMILES string of the molecule is CCOCC(=O)N1CCCn2nc(-c3ccc(OC)c(OC)c3)cc2C1. The van der Waals surface area contributed by atoms with Crippen molar-refractivity contribution >= 4 is 5.91 Å². The molecule has 7 nitrogen and oxygen atoms in total. The first-order chi connectivity index (χ1) is 12.7. The van der Waals surface area contributed by atoms with Crippen LogP contribution in [0.2, 0.25) is 0 Å². The average Bonchev–Trinajstić information content (AvgIpc) is 2.96. The van der Waals surface area contributed by atoms with Crippen LogP contribution in [0, 0.1) is 0 Å². The molecule has 140 valence electrons. The molecule has 0 fully saturated rings. The van der Waals surface area contributed by atoms with Gasteiger partial charge in [0.2, 0.25) is 5.91 Å². The summed E-state index contributed by atoms with van der Waals surface area (Å²) in [6, 6.07) is 7.78. The van der Waals surface area contributed by atoms with Crippen LogP contribution in [0.5, 0.6) is 11.5 Å². The van der Waals surface area contributed by atoms with Crippen molar-refractivity contribution in [2.75, 3.05) is 34.0 Å². The molecule has 0 bridgehead atoms. The number of hydrogen-bond donors (Lipinski definition) is 0. The first-order valence-corrected chi connectivity index (χ1v) is 8.81. The number of methoxy groups -OCH3 is 2. The molecule has 2 aromatic rings. The van der Waals surface area contributed by atoms with Gasteiger partial charge in [-0.15, -0.1) is 0 Å². The highest BCUT2D eigenvalue weighted by atomic mass is 16.5. The second kappa shape index (κ2) is 8.23. The van der Waals surface area contributed by atoms with Crippen LogP contribution < -0.4 is 9.47 Å². The Morgan fingerprint density at radius 3 is 2.69 bits per heavy atom. The monoisotopic (exact) mass is 359 g/mol. The van der Waals surface area contributed by atoms with E-state index in [2.05, 4.69) is 0 Å². The van der Waals surface area contributed by atoms with E-state index in [0.717, 1.165) is 36.5 Å². The van der Waals surface area contributed by atoms with Gasteiger partial charge in [0.1, 0.15) is 6.61 Å². The number of aryl methyl sites for hydroxylation is 1. The molecule has 0 unspecified atom stereocenters. The molecule has 1 amide bonds. The molecule has 0 saturated heterocycles. The predicted molar refractivity (Wildman–Crippen MR) is 97.3 cm³/mol. The fraction of sp³-hybridized carbons (Fsp3) is 0.474. The summed E-state index contributed by atoms with van der Waals surface area (Å²) in [5.74, 6) is 1.38. The number of carbonyl (C=O) groups excluding carboxylic acids is 1. The first kappa shape index (κ1) is 18.3. The quantitative estimate of drug-likeness (QED) is 0.792. The van der Waals surface area contributed by atoms with Crippen molar-refractivity contribution in [1.29, 1.82) is 0 Å². The molecule has 2 heterocycles. The Hall–Kier alpha value is -2.54. The second-order valence-corrected chi connectivity index (χ2v) is 6.12. The lowest BCUT2D eigenvalue weighted by Gasteiger charge is -2.19. The van der Waals surface area contributed by atoms with Crippen LogP contribution in [-0.4, -0.2) is 54.6 Å². The number of carbonyl (C=O) groups is 1. The number of amides is 1. The second-order valence-electron chi connectivity index (χ2n) is 6.12. The number of fused-ring (bicyclic) bond motifs is 1. The Labute approximate surface area is 153 Å². The smallest absolute Gasteiger partial charge is 0.248 e. The van der Waals surface area contributed by atoms with Gasteiger partial charge in [0.05, 0.1) is 32.2 Å². The third kappa shape index (κ3) is 3.83. The largest absolute Gasteiger partial charge is 0.493 e. The van der Waals surface area contributed by atoms with Gasteiger partial charge in [0.25, 0.3) is 0 Å². The van der Waals surface area contributed by atoms with E-state index < -0.39 is 0 Å². The van der Waals surface area contributed by atoms with Crippen LogP contribution in [0.15, 0.2) is 24.3 Å². The molecule has 1 aromatic heterocycles. The van der Waals surface area contributed by atoms with Crippen LogP contribution in [-0.2, 0) is 22.6 Å². The van der Waals surface area contributed by atoms with Crippen molar-refractivity contribution in [3.05, 3.63) is 30.0 Å². The summed E-state index contributed by atoms with van der Waals surface area (Å²) in [6.45, 7) is 4.63. The lowest BCUT2D eigenvalue weighted by molar-refractivity contribution is -0.136. The highest BCUT2D eigenvalue weighted by Crippen LogP contribution is 2.32. The number of nitrogens with zero attached hydrogens (tertiary/aromatic N) is 3. The zero-order chi connectivity index (χ0) is 18.5. The van der Waals surface area contributed by atoms with Gasteiger partial charge >= 0.3 is 0 Å². The number of ether oxygens (including phenoxy) is 3. The van der Waals surface area contributed by atoms with Crippen molar-refractivity contribution in [2.24, 2.45) is 0 Å². The molecule has 0 saturated carbocycles. The molecular weight excluding hydrogens is 334 g/mol. The topological polar surface area (TPSA) is 65.8 Å². The molecule has 1 aliphatic heterocycles. The number of benzene rings is 1. The molecule has 0 N–H and O–H groups in total. The van der Waals surface area contributed by atoms with E-state index in [1.165, 1.54) is 0 Å². The number of aromatic nitrogens is 2. The molecule has 7 heteroatoms. The summed E-state index contributed by atoms with van der Waals surface area (Å²) in [5.41, 5.74) is 2.84. The normalized spacial score (nSPS) is 13.9. The maximum absolute atomic E-state index is 12.3. The van der Waals surface area contributed by atoms with Gasteiger partial charge in [-0.3, -0.25) is 9.48 Å². The summed E-state index contributed by atoms with van der Waals surface area (Å²) in [4.78, 5) is 14.1. The van der Waals surface area contributed by atoms with Gasteiger partial charge in [0.15, 0.2) is 11.5 Å². The highest BCUT2D eigenvalue weighted by Gasteiger charge is 2.21. The van der Waals surface area contributed by atoms with E-state index in [0.29, 0.717) is 24.7 Å². The maximum atomic E-state index is 12.3. The van der Waals surface area contributed by atoms with Crippen LogP contribution in [0.3, 0.4) is 0 Å². The lowest BCUT2D eigenvalue weighted by Crippen LogP contribution is -2.33. The van der Waals surface area contributed by atoms with Crippen molar-refractivity contribution in [1.82, 2.24) is 14.7 Å². The molecule has 0 spiro atoms. The van der Waals surface area contributed by atoms with Gasteiger partial charge in [-0.25, -0.2) is 0 Å².